The number of aliphatic carboxylic acids is 1. The van der Waals surface area contributed by atoms with Crippen LogP contribution >= 0.6 is 0 Å². The molecule has 1 heterocycles. The third kappa shape index (κ3) is 3.32. The zero-order chi connectivity index (χ0) is 13.7. The van der Waals surface area contributed by atoms with Crippen LogP contribution in [0.2, 0.25) is 0 Å². The molecule has 1 aliphatic heterocycles. The fraction of sp³-hybridized carbons (Fsp3) is 0.692. The highest BCUT2D eigenvalue weighted by molar-refractivity contribution is 5.83. The third-order valence-electron chi connectivity index (χ3n) is 3.52. The molecule has 2 N–H and O–H groups in total. The van der Waals surface area contributed by atoms with Gasteiger partial charge in [-0.15, -0.1) is 6.58 Å². The number of nitrogens with one attached hydrogen (secondary N) is 1. The maximum atomic E-state index is 11.9. The van der Waals surface area contributed by atoms with Gasteiger partial charge in [0.15, 0.2) is 0 Å². The fourth-order valence-corrected chi connectivity index (χ4v) is 2.51. The summed E-state index contributed by atoms with van der Waals surface area (Å²) in [6.07, 6.45) is 3.44. The van der Waals surface area contributed by atoms with Crippen LogP contribution in [-0.2, 0) is 9.59 Å². The number of likely N-dealkylation sites (tertiary alicyclic amines) is 1. The maximum absolute atomic E-state index is 11.9. The van der Waals surface area contributed by atoms with Gasteiger partial charge in [-0.2, -0.15) is 0 Å². The summed E-state index contributed by atoms with van der Waals surface area (Å²) in [7, 11) is 0. The molecule has 5 nitrogen and oxygen atoms in total. The van der Waals surface area contributed by atoms with Gasteiger partial charge in [0.05, 0.1) is 6.04 Å². The van der Waals surface area contributed by atoms with E-state index in [9.17, 15) is 14.7 Å². The summed E-state index contributed by atoms with van der Waals surface area (Å²) in [5.41, 5.74) is 0. The highest BCUT2D eigenvalue weighted by Gasteiger charge is 2.38. The van der Waals surface area contributed by atoms with E-state index >= 15 is 0 Å². The first-order valence-electron chi connectivity index (χ1n) is 6.36. The number of amides is 1. The Morgan fingerprint density at radius 3 is 2.83 bits per heavy atom. The molecule has 0 aliphatic carbocycles. The molecule has 0 aromatic heterocycles. The van der Waals surface area contributed by atoms with E-state index in [-0.39, 0.29) is 11.8 Å². The van der Waals surface area contributed by atoms with Crippen LogP contribution in [0.15, 0.2) is 12.7 Å². The Kier molecular flexibility index (Phi) is 5.34. The van der Waals surface area contributed by atoms with Gasteiger partial charge in [0, 0.05) is 6.54 Å². The van der Waals surface area contributed by atoms with Crippen LogP contribution in [0.25, 0.3) is 0 Å². The predicted molar refractivity (Wildman–Crippen MR) is 69.2 cm³/mol. The Morgan fingerprint density at radius 1 is 1.61 bits per heavy atom. The smallest absolute Gasteiger partial charge is 0.321 e. The lowest BCUT2D eigenvalue weighted by Gasteiger charge is -2.40. The summed E-state index contributed by atoms with van der Waals surface area (Å²) >= 11 is 0. The van der Waals surface area contributed by atoms with Gasteiger partial charge in [-0.3, -0.25) is 14.5 Å². The minimum atomic E-state index is -0.842. The van der Waals surface area contributed by atoms with E-state index in [1.807, 2.05) is 6.92 Å². The predicted octanol–water partition coefficient (Wildman–Crippen LogP) is 0.862. The monoisotopic (exact) mass is 254 g/mol. The molecule has 1 fully saturated rings. The highest BCUT2D eigenvalue weighted by Crippen LogP contribution is 2.25. The summed E-state index contributed by atoms with van der Waals surface area (Å²) in [5.74, 6) is -0.910. The normalized spacial score (nSPS) is 26.3. The van der Waals surface area contributed by atoms with Crippen molar-refractivity contribution >= 4 is 11.9 Å². The van der Waals surface area contributed by atoms with Gasteiger partial charge in [0.1, 0.15) is 6.04 Å². The number of carboxylic acids is 1. The van der Waals surface area contributed by atoms with Crippen molar-refractivity contribution in [2.24, 2.45) is 5.92 Å². The minimum Gasteiger partial charge on any atom is -0.480 e. The van der Waals surface area contributed by atoms with Crippen molar-refractivity contribution in [3.05, 3.63) is 12.7 Å². The highest BCUT2D eigenvalue weighted by atomic mass is 16.4. The zero-order valence-corrected chi connectivity index (χ0v) is 11.1. The molecule has 0 spiro atoms. The summed E-state index contributed by atoms with van der Waals surface area (Å²) in [6, 6.07) is -0.989. The molecular weight excluding hydrogens is 232 g/mol. The number of piperidine rings is 1. The van der Waals surface area contributed by atoms with Crippen LogP contribution in [0.3, 0.4) is 0 Å². The summed E-state index contributed by atoms with van der Waals surface area (Å²) in [6.45, 7) is 8.29. The van der Waals surface area contributed by atoms with Gasteiger partial charge in [0.25, 0.3) is 0 Å². The number of nitrogens with zero attached hydrogens (tertiary/aromatic N) is 1. The lowest BCUT2D eigenvalue weighted by atomic mass is 9.89. The molecule has 3 atom stereocenters. The van der Waals surface area contributed by atoms with Gasteiger partial charge >= 0.3 is 5.97 Å². The molecule has 5 heteroatoms. The first kappa shape index (κ1) is 14.7. The number of carbonyl (C=O) groups excluding carboxylic acids is 1. The second kappa shape index (κ2) is 6.54. The van der Waals surface area contributed by atoms with E-state index in [1.165, 1.54) is 0 Å². The summed E-state index contributed by atoms with van der Waals surface area (Å²) in [5, 5.41) is 12.0. The topological polar surface area (TPSA) is 69.6 Å². The van der Waals surface area contributed by atoms with Crippen molar-refractivity contribution in [3.8, 4) is 0 Å². The van der Waals surface area contributed by atoms with Gasteiger partial charge in [-0.25, -0.2) is 0 Å². The molecule has 1 rings (SSSR count). The molecule has 0 aromatic carbocycles. The molecule has 18 heavy (non-hydrogen) atoms. The molecule has 1 amide bonds. The van der Waals surface area contributed by atoms with Crippen molar-refractivity contribution in [2.75, 3.05) is 13.1 Å². The first-order valence-corrected chi connectivity index (χ1v) is 6.36. The quantitative estimate of drug-likeness (QED) is 0.714. The van der Waals surface area contributed by atoms with E-state index in [4.69, 9.17) is 0 Å². The van der Waals surface area contributed by atoms with Crippen LogP contribution in [0.5, 0.6) is 0 Å². The summed E-state index contributed by atoms with van der Waals surface area (Å²) < 4.78 is 0. The van der Waals surface area contributed by atoms with E-state index < -0.39 is 18.1 Å². The van der Waals surface area contributed by atoms with Crippen LogP contribution in [-0.4, -0.2) is 47.1 Å². The van der Waals surface area contributed by atoms with E-state index in [0.29, 0.717) is 13.1 Å². The van der Waals surface area contributed by atoms with Crippen LogP contribution in [0.4, 0.5) is 0 Å². The lowest BCUT2D eigenvalue weighted by Crippen LogP contribution is -2.57. The molecule has 0 bridgehead atoms. The number of hydrogen-bond acceptors (Lipinski definition) is 3. The molecule has 0 aromatic rings. The summed E-state index contributed by atoms with van der Waals surface area (Å²) in [4.78, 5) is 25.0. The van der Waals surface area contributed by atoms with Crippen molar-refractivity contribution in [3.63, 3.8) is 0 Å². The Morgan fingerprint density at radius 2 is 2.28 bits per heavy atom. The van der Waals surface area contributed by atoms with Crippen LogP contribution in [0.1, 0.15) is 26.7 Å². The number of carboxylic acid groups (broad SMARTS) is 1. The van der Waals surface area contributed by atoms with Crippen molar-refractivity contribution in [2.45, 2.75) is 38.8 Å². The van der Waals surface area contributed by atoms with Crippen molar-refractivity contribution in [1.82, 2.24) is 10.2 Å². The second-order valence-electron chi connectivity index (χ2n) is 4.85. The maximum Gasteiger partial charge on any atom is 0.321 e. The van der Waals surface area contributed by atoms with Crippen molar-refractivity contribution in [1.29, 1.82) is 0 Å². The van der Waals surface area contributed by atoms with Crippen molar-refractivity contribution < 1.29 is 14.7 Å². The second-order valence-corrected chi connectivity index (χ2v) is 4.85. The first-order chi connectivity index (χ1) is 8.49. The fourth-order valence-electron chi connectivity index (χ4n) is 2.51. The Labute approximate surface area is 108 Å². The standard InChI is InChI=1S/C13H22N2O3/c1-4-7-14-12(16)10(3)15-8-5-6-9(2)11(15)13(17)18/h4,9-11H,1,5-8H2,2-3H3,(H,14,16)(H,17,18). The van der Waals surface area contributed by atoms with Gasteiger partial charge in [-0.1, -0.05) is 13.0 Å². The molecule has 0 radical (unpaired) electrons. The Hall–Kier alpha value is -1.36. The van der Waals surface area contributed by atoms with E-state index in [2.05, 4.69) is 11.9 Å². The molecule has 102 valence electrons. The Balaban J connectivity index is 2.74. The SMILES string of the molecule is C=CCNC(=O)C(C)N1CCCC(C)C1C(=O)O. The molecular formula is C13H22N2O3. The minimum absolute atomic E-state index is 0.0749. The van der Waals surface area contributed by atoms with Gasteiger partial charge < -0.3 is 10.4 Å². The van der Waals surface area contributed by atoms with Crippen LogP contribution < -0.4 is 5.32 Å². The molecule has 0 saturated carbocycles. The van der Waals surface area contributed by atoms with E-state index in [1.54, 1.807) is 17.9 Å². The average molecular weight is 254 g/mol. The Bertz CT molecular complexity index is 330. The largest absolute Gasteiger partial charge is 0.480 e. The molecule has 3 unspecified atom stereocenters. The number of hydrogen-bond donors (Lipinski definition) is 2. The lowest BCUT2D eigenvalue weighted by molar-refractivity contribution is -0.149. The number of rotatable bonds is 5. The molecule has 1 aliphatic rings. The van der Waals surface area contributed by atoms with Crippen LogP contribution in [0, 0.1) is 5.92 Å². The molecule has 1 saturated heterocycles. The van der Waals surface area contributed by atoms with E-state index in [0.717, 1.165) is 12.8 Å². The average Bonchev–Trinajstić information content (AvgIpc) is 2.34. The third-order valence-corrected chi connectivity index (χ3v) is 3.52. The zero-order valence-electron chi connectivity index (χ0n) is 11.1. The number of carbonyl (C=O) groups is 2. The van der Waals surface area contributed by atoms with Gasteiger partial charge in [0.2, 0.25) is 5.91 Å². The van der Waals surface area contributed by atoms with Gasteiger partial charge in [-0.05, 0) is 32.2 Å².